The predicted molar refractivity (Wildman–Crippen MR) is 107 cm³/mol. The largest absolute Gasteiger partial charge is 0.453 e. The zero-order valence-corrected chi connectivity index (χ0v) is 17.7. The van der Waals surface area contributed by atoms with E-state index in [0.717, 1.165) is 5.57 Å². The summed E-state index contributed by atoms with van der Waals surface area (Å²) >= 11 is 0. The van der Waals surface area contributed by atoms with Crippen molar-refractivity contribution in [2.24, 2.45) is 5.92 Å². The number of ether oxygens (including phenoxy) is 2. The van der Waals surface area contributed by atoms with Gasteiger partial charge >= 0.3 is 5.97 Å². The molecule has 3 aliphatic rings. The minimum absolute atomic E-state index is 0.215. The number of amides is 1. The predicted octanol–water partition coefficient (Wildman–Crippen LogP) is 1.25. The molecule has 2 heterocycles. The lowest BCUT2D eigenvalue weighted by Gasteiger charge is -2.41. The third-order valence-corrected chi connectivity index (χ3v) is 6.18. The van der Waals surface area contributed by atoms with E-state index in [1.54, 1.807) is 32.1 Å². The molecule has 3 rings (SSSR count). The number of hydrogen-bond donors (Lipinski definition) is 2. The Morgan fingerprint density at radius 2 is 1.93 bits per heavy atom. The number of allylic oxidation sites excluding steroid dienone is 2. The number of rotatable bonds is 4. The van der Waals surface area contributed by atoms with Crippen LogP contribution >= 0.6 is 0 Å². The molecule has 0 radical (unpaired) electrons. The summed E-state index contributed by atoms with van der Waals surface area (Å²) in [5.41, 5.74) is 0.860. The Morgan fingerprint density at radius 1 is 1.20 bits per heavy atom. The van der Waals surface area contributed by atoms with Gasteiger partial charge in [-0.1, -0.05) is 18.6 Å². The normalized spacial score (nSPS) is 36.8. The highest BCUT2D eigenvalue weighted by Crippen LogP contribution is 2.34. The summed E-state index contributed by atoms with van der Waals surface area (Å²) in [5.74, 6) is -5.37. The highest BCUT2D eigenvalue weighted by atomic mass is 16.6. The van der Waals surface area contributed by atoms with Crippen LogP contribution in [-0.4, -0.2) is 69.5 Å². The number of hydrogen-bond acceptors (Lipinski definition) is 7. The van der Waals surface area contributed by atoms with Crippen molar-refractivity contribution >= 4 is 17.7 Å². The zero-order valence-electron chi connectivity index (χ0n) is 17.7. The quantitative estimate of drug-likeness (QED) is 0.519. The molecule has 8 heteroatoms. The van der Waals surface area contributed by atoms with Gasteiger partial charge in [0.25, 0.3) is 11.7 Å². The Labute approximate surface area is 176 Å². The first-order valence-electron chi connectivity index (χ1n) is 10.6. The maximum Gasteiger partial charge on any atom is 0.329 e. The third-order valence-electron chi connectivity index (χ3n) is 6.18. The van der Waals surface area contributed by atoms with Crippen molar-refractivity contribution in [1.29, 1.82) is 0 Å². The van der Waals surface area contributed by atoms with Crippen LogP contribution in [0.1, 0.15) is 52.9 Å². The van der Waals surface area contributed by atoms with Gasteiger partial charge in [-0.15, -0.1) is 0 Å². The number of piperidine rings is 1. The second kappa shape index (κ2) is 8.99. The number of carbonyl (C=O) groups is 3. The molecule has 8 nitrogen and oxygen atoms in total. The molecular formula is C22H31NO7. The molecule has 2 N–H and O–H groups in total. The van der Waals surface area contributed by atoms with Crippen LogP contribution in [0.25, 0.3) is 0 Å². The summed E-state index contributed by atoms with van der Waals surface area (Å²) < 4.78 is 10.9. The number of carbonyl (C=O) groups excluding carboxylic acids is 3. The van der Waals surface area contributed by atoms with Crippen LogP contribution in [0.3, 0.4) is 0 Å². The van der Waals surface area contributed by atoms with Gasteiger partial charge in [0.05, 0.1) is 6.10 Å². The number of nitrogens with zero attached hydrogens (tertiary/aromatic N) is 1. The monoisotopic (exact) mass is 421 g/mol. The molecule has 166 valence electrons. The summed E-state index contributed by atoms with van der Waals surface area (Å²) in [6, 6.07) is -0.942. The van der Waals surface area contributed by atoms with E-state index in [1.807, 2.05) is 6.92 Å². The van der Waals surface area contributed by atoms with Gasteiger partial charge in [-0.05, 0) is 58.1 Å². The fraction of sp³-hybridized carbons (Fsp3) is 0.682. The Hall–Kier alpha value is -2.03. The molecule has 0 saturated carbocycles. The maximum atomic E-state index is 13.0. The molecule has 0 spiro atoms. The number of ketones is 1. The van der Waals surface area contributed by atoms with E-state index in [-0.39, 0.29) is 12.6 Å². The number of esters is 1. The lowest BCUT2D eigenvalue weighted by Crippen LogP contribution is -2.60. The molecular weight excluding hydrogens is 390 g/mol. The number of Topliss-reactive ketones (excluding diaryl/α,β-unsaturated/α-hetero) is 1. The molecule has 0 aromatic heterocycles. The molecule has 30 heavy (non-hydrogen) atoms. The van der Waals surface area contributed by atoms with Gasteiger partial charge in [0, 0.05) is 12.5 Å². The summed E-state index contributed by atoms with van der Waals surface area (Å²) in [6.45, 7) is 5.46. The van der Waals surface area contributed by atoms with Crippen molar-refractivity contribution in [2.75, 3.05) is 6.54 Å². The van der Waals surface area contributed by atoms with Crippen molar-refractivity contribution in [1.82, 2.24) is 4.90 Å². The van der Waals surface area contributed by atoms with E-state index in [0.29, 0.717) is 32.1 Å². The van der Waals surface area contributed by atoms with Crippen molar-refractivity contribution in [3.05, 3.63) is 23.8 Å². The second-order valence-electron chi connectivity index (χ2n) is 8.60. The molecule has 0 aromatic rings. The SMILES string of the molecule is CC1=CC(O)C(OC(=O)C2CCCCN2C(=O)C(=O)C2(O)OC(C)CCC2C)C=C1. The highest BCUT2D eigenvalue weighted by molar-refractivity contribution is 6.39. The van der Waals surface area contributed by atoms with Crippen molar-refractivity contribution in [2.45, 2.75) is 83.0 Å². The van der Waals surface area contributed by atoms with Crippen LogP contribution in [0.4, 0.5) is 0 Å². The first-order valence-corrected chi connectivity index (χ1v) is 10.6. The molecule has 6 atom stereocenters. The number of likely N-dealkylation sites (tertiary alicyclic amines) is 1. The summed E-state index contributed by atoms with van der Waals surface area (Å²) in [6.07, 6.45) is 5.71. The minimum Gasteiger partial charge on any atom is -0.453 e. The average molecular weight is 421 g/mol. The van der Waals surface area contributed by atoms with E-state index >= 15 is 0 Å². The Bertz CT molecular complexity index is 761. The standard InChI is InChI=1S/C22H31NO7/c1-13-7-10-18(17(24)12-13)29-21(27)16-6-4-5-11-23(16)20(26)19(25)22(28)14(2)8-9-15(3)30-22/h7,10,12,14-18,24,28H,4-6,8-9,11H2,1-3H3. The lowest BCUT2D eigenvalue weighted by atomic mass is 9.87. The van der Waals surface area contributed by atoms with Gasteiger partial charge < -0.3 is 24.6 Å². The fourth-order valence-corrected chi connectivity index (χ4v) is 4.24. The summed E-state index contributed by atoms with van der Waals surface area (Å²) in [4.78, 5) is 40.0. The molecule has 6 unspecified atom stereocenters. The van der Waals surface area contributed by atoms with Gasteiger partial charge in [-0.3, -0.25) is 9.59 Å². The smallest absolute Gasteiger partial charge is 0.329 e. The van der Waals surface area contributed by atoms with Crippen LogP contribution in [-0.2, 0) is 23.9 Å². The topological polar surface area (TPSA) is 113 Å². The van der Waals surface area contributed by atoms with Gasteiger partial charge in [-0.25, -0.2) is 4.79 Å². The zero-order chi connectivity index (χ0) is 22.1. The fourth-order valence-electron chi connectivity index (χ4n) is 4.24. The maximum absolute atomic E-state index is 13.0. The Kier molecular flexibility index (Phi) is 6.79. The molecule has 2 fully saturated rings. The van der Waals surface area contributed by atoms with E-state index in [2.05, 4.69) is 0 Å². The highest BCUT2D eigenvalue weighted by Gasteiger charge is 2.52. The van der Waals surface area contributed by atoms with Crippen LogP contribution in [0.15, 0.2) is 23.8 Å². The Balaban J connectivity index is 1.73. The minimum atomic E-state index is -2.19. The van der Waals surface area contributed by atoms with Gasteiger partial charge in [0.2, 0.25) is 5.79 Å². The van der Waals surface area contributed by atoms with Crippen LogP contribution in [0.5, 0.6) is 0 Å². The van der Waals surface area contributed by atoms with Crippen molar-refractivity contribution < 1.29 is 34.1 Å². The van der Waals surface area contributed by atoms with E-state index in [1.165, 1.54) is 4.90 Å². The van der Waals surface area contributed by atoms with Crippen molar-refractivity contribution in [3.63, 3.8) is 0 Å². The van der Waals surface area contributed by atoms with Crippen LogP contribution < -0.4 is 0 Å². The molecule has 0 bridgehead atoms. The first-order chi connectivity index (χ1) is 14.1. The van der Waals surface area contributed by atoms with E-state index in [9.17, 15) is 24.6 Å². The summed E-state index contributed by atoms with van der Waals surface area (Å²) in [7, 11) is 0. The molecule has 2 saturated heterocycles. The molecule has 0 aromatic carbocycles. The first kappa shape index (κ1) is 22.7. The van der Waals surface area contributed by atoms with Crippen LogP contribution in [0, 0.1) is 5.92 Å². The Morgan fingerprint density at radius 3 is 2.63 bits per heavy atom. The van der Waals surface area contributed by atoms with Gasteiger partial charge in [0.1, 0.15) is 18.2 Å². The van der Waals surface area contributed by atoms with E-state index in [4.69, 9.17) is 9.47 Å². The number of aliphatic hydroxyl groups excluding tert-OH is 1. The average Bonchev–Trinajstić information content (AvgIpc) is 2.71. The summed E-state index contributed by atoms with van der Waals surface area (Å²) in [5, 5.41) is 21.0. The molecule has 1 aliphatic carbocycles. The molecule has 1 amide bonds. The van der Waals surface area contributed by atoms with E-state index < -0.39 is 47.6 Å². The number of aliphatic hydroxyl groups is 2. The van der Waals surface area contributed by atoms with Crippen LogP contribution in [0.2, 0.25) is 0 Å². The third kappa shape index (κ3) is 4.50. The van der Waals surface area contributed by atoms with Gasteiger partial charge in [0.15, 0.2) is 0 Å². The molecule has 2 aliphatic heterocycles. The lowest BCUT2D eigenvalue weighted by molar-refractivity contribution is -0.259. The van der Waals surface area contributed by atoms with Crippen molar-refractivity contribution in [3.8, 4) is 0 Å². The second-order valence-corrected chi connectivity index (χ2v) is 8.60. The van der Waals surface area contributed by atoms with Gasteiger partial charge in [-0.2, -0.15) is 0 Å².